The first-order chi connectivity index (χ1) is 9.41. The largest absolute Gasteiger partial charge is 0.303 e. The van der Waals surface area contributed by atoms with E-state index < -0.39 is 7.22 Å². The highest BCUT2D eigenvalue weighted by molar-refractivity contribution is 8.29. The van der Waals surface area contributed by atoms with Crippen LogP contribution in [0, 0.1) is 0 Å². The summed E-state index contributed by atoms with van der Waals surface area (Å²) in [6.45, 7) is 18.9. The molecule has 1 aliphatic rings. The Balaban J connectivity index is 2.42. The van der Waals surface area contributed by atoms with E-state index in [0.717, 1.165) is 16.6 Å². The lowest BCUT2D eigenvalue weighted by molar-refractivity contribution is 0.230. The smallest absolute Gasteiger partial charge is 0.124 e. The second kappa shape index (κ2) is 8.85. The van der Waals surface area contributed by atoms with Gasteiger partial charge >= 0.3 is 0 Å². The van der Waals surface area contributed by atoms with Crippen molar-refractivity contribution >= 4 is 18.4 Å². The van der Waals surface area contributed by atoms with Crippen LogP contribution in [0.1, 0.15) is 67.2 Å². The van der Waals surface area contributed by atoms with Gasteiger partial charge in [-0.3, -0.25) is 0 Å². The first-order valence-corrected chi connectivity index (χ1v) is 12.7. The molecule has 0 amide bonds. The summed E-state index contributed by atoms with van der Waals surface area (Å²) < 4.78 is 0. The van der Waals surface area contributed by atoms with Gasteiger partial charge in [0.05, 0.1) is 0 Å². The van der Waals surface area contributed by atoms with Crippen molar-refractivity contribution in [3.8, 4) is 0 Å². The van der Waals surface area contributed by atoms with E-state index in [1.807, 2.05) is 0 Å². The maximum absolute atomic E-state index is 2.69. The lowest BCUT2D eigenvalue weighted by atomic mass is 10.1. The highest BCUT2D eigenvalue weighted by Gasteiger charge is 2.43. The van der Waals surface area contributed by atoms with Gasteiger partial charge < -0.3 is 4.90 Å². The molecule has 0 aliphatic carbocycles. The van der Waals surface area contributed by atoms with E-state index in [1.54, 1.807) is 0 Å². The molecule has 0 radical (unpaired) electrons. The predicted octanol–water partition coefficient (Wildman–Crippen LogP) is 5.77. The lowest BCUT2D eigenvalue weighted by Gasteiger charge is -2.42. The first kappa shape index (κ1) is 18.6. The average Bonchev–Trinajstić information content (AvgIpc) is 2.38. The normalized spacial score (nSPS) is 18.4. The summed E-state index contributed by atoms with van der Waals surface area (Å²) >= 11 is 2.39. The summed E-state index contributed by atoms with van der Waals surface area (Å²) in [6.07, 6.45) is 5.70. The fraction of sp³-hybridized carbons (Fsp3) is 1.00. The van der Waals surface area contributed by atoms with Crippen molar-refractivity contribution in [2.45, 2.75) is 83.8 Å². The van der Waals surface area contributed by atoms with E-state index in [4.69, 9.17) is 0 Å². The van der Waals surface area contributed by atoms with E-state index in [2.05, 4.69) is 57.7 Å². The number of hydrogen-bond donors (Lipinski definition) is 0. The summed E-state index contributed by atoms with van der Waals surface area (Å²) in [6, 6.07) is 0. The number of rotatable bonds is 8. The van der Waals surface area contributed by atoms with E-state index in [-0.39, 0.29) is 0 Å². The highest BCUT2D eigenvalue weighted by Crippen LogP contribution is 2.49. The van der Waals surface area contributed by atoms with Crippen LogP contribution in [0.25, 0.3) is 0 Å². The molecule has 120 valence electrons. The third-order valence-electron chi connectivity index (χ3n) is 5.13. The Bertz CT molecular complexity index is 238. The zero-order chi connectivity index (χ0) is 15.2. The summed E-state index contributed by atoms with van der Waals surface area (Å²) in [5.74, 6) is 1.39. The van der Waals surface area contributed by atoms with Gasteiger partial charge in [0.1, 0.15) is 7.22 Å². The minimum Gasteiger partial charge on any atom is -0.303 e. The van der Waals surface area contributed by atoms with E-state index in [0.29, 0.717) is 0 Å². The third kappa shape index (κ3) is 4.77. The van der Waals surface area contributed by atoms with Crippen molar-refractivity contribution in [3.63, 3.8) is 0 Å². The van der Waals surface area contributed by atoms with Gasteiger partial charge in [-0.15, -0.1) is 0 Å². The fourth-order valence-electron chi connectivity index (χ4n) is 4.22. The van der Waals surface area contributed by atoms with Crippen LogP contribution < -0.4 is 0 Å². The Labute approximate surface area is 132 Å². The van der Waals surface area contributed by atoms with Crippen LogP contribution in [0.2, 0.25) is 16.6 Å². The Kier molecular flexibility index (Phi) is 8.22. The number of likely N-dealkylation sites (tertiary alicyclic amines) is 1. The molecular formula is C17H37NSSi. The van der Waals surface area contributed by atoms with Crippen LogP contribution >= 0.6 is 11.2 Å². The molecular weight excluding hydrogens is 278 g/mol. The Morgan fingerprint density at radius 3 is 1.80 bits per heavy atom. The summed E-state index contributed by atoms with van der Waals surface area (Å²) in [5.41, 5.74) is 2.67. The fourth-order valence-corrected chi connectivity index (χ4v) is 14.3. The zero-order valence-electron chi connectivity index (χ0n) is 14.7. The van der Waals surface area contributed by atoms with Crippen molar-refractivity contribution in [2.75, 3.05) is 25.4 Å². The van der Waals surface area contributed by atoms with Gasteiger partial charge in [-0.25, -0.2) is 0 Å². The van der Waals surface area contributed by atoms with Crippen molar-refractivity contribution in [1.82, 2.24) is 4.90 Å². The number of nitrogens with zero attached hydrogens (tertiary/aromatic N) is 1. The molecule has 3 heteroatoms. The third-order valence-corrected chi connectivity index (χ3v) is 17.9. The molecule has 0 atom stereocenters. The van der Waals surface area contributed by atoms with Crippen LogP contribution in [0.5, 0.6) is 0 Å². The lowest BCUT2D eigenvalue weighted by Crippen LogP contribution is -2.41. The molecule has 0 saturated carbocycles. The van der Waals surface area contributed by atoms with Crippen LogP contribution in [0.15, 0.2) is 0 Å². The predicted molar refractivity (Wildman–Crippen MR) is 98.4 cm³/mol. The number of piperidine rings is 1. The van der Waals surface area contributed by atoms with Gasteiger partial charge in [-0.2, -0.15) is 11.2 Å². The maximum atomic E-state index is 2.69. The topological polar surface area (TPSA) is 3.24 Å². The van der Waals surface area contributed by atoms with Gasteiger partial charge in [0.25, 0.3) is 0 Å². The summed E-state index contributed by atoms with van der Waals surface area (Å²) in [7, 11) is -1.22. The second-order valence-corrected chi connectivity index (χ2v) is 16.3. The quantitative estimate of drug-likeness (QED) is 0.413. The molecule has 0 unspecified atom stereocenters. The standard InChI is InChI=1S/C17H37NSSi/c1-15(2)20(16(3)4,17(5)6)19-14-10-13-18-11-8-7-9-12-18/h15-17H,7-14H2,1-6H3. The molecule has 1 fully saturated rings. The molecule has 0 aromatic heterocycles. The van der Waals surface area contributed by atoms with E-state index in [1.165, 1.54) is 51.1 Å². The highest BCUT2D eigenvalue weighted by atomic mass is 32.4. The molecule has 0 N–H and O–H groups in total. The van der Waals surface area contributed by atoms with Crippen LogP contribution in [-0.2, 0) is 0 Å². The maximum Gasteiger partial charge on any atom is 0.124 e. The van der Waals surface area contributed by atoms with E-state index in [9.17, 15) is 0 Å². The van der Waals surface area contributed by atoms with E-state index >= 15 is 0 Å². The van der Waals surface area contributed by atoms with Crippen LogP contribution in [-0.4, -0.2) is 37.5 Å². The average molecular weight is 316 g/mol. The van der Waals surface area contributed by atoms with Gasteiger partial charge in [0.2, 0.25) is 0 Å². The van der Waals surface area contributed by atoms with Crippen LogP contribution in [0.4, 0.5) is 0 Å². The minimum atomic E-state index is -1.22. The molecule has 1 saturated heterocycles. The van der Waals surface area contributed by atoms with Crippen molar-refractivity contribution in [1.29, 1.82) is 0 Å². The van der Waals surface area contributed by atoms with Gasteiger partial charge in [0, 0.05) is 0 Å². The molecule has 1 aliphatic heterocycles. The van der Waals surface area contributed by atoms with Crippen molar-refractivity contribution in [2.24, 2.45) is 0 Å². The van der Waals surface area contributed by atoms with Gasteiger partial charge in [-0.1, -0.05) is 48.0 Å². The summed E-state index contributed by atoms with van der Waals surface area (Å²) in [5, 5.41) is 0. The molecule has 1 rings (SSSR count). The van der Waals surface area contributed by atoms with Gasteiger partial charge in [-0.05, 0) is 61.3 Å². The van der Waals surface area contributed by atoms with Gasteiger partial charge in [0.15, 0.2) is 0 Å². The molecule has 1 nitrogen and oxygen atoms in total. The zero-order valence-corrected chi connectivity index (χ0v) is 16.6. The van der Waals surface area contributed by atoms with Crippen molar-refractivity contribution < 1.29 is 0 Å². The molecule has 20 heavy (non-hydrogen) atoms. The molecule has 0 aromatic rings. The molecule has 1 heterocycles. The molecule has 0 aromatic carbocycles. The number of hydrogen-bond acceptors (Lipinski definition) is 2. The Morgan fingerprint density at radius 2 is 1.35 bits per heavy atom. The Morgan fingerprint density at radius 1 is 0.850 bits per heavy atom. The SMILES string of the molecule is CC(C)[Si](SCCCN1CCCCC1)(C(C)C)C(C)C. The molecule has 0 spiro atoms. The second-order valence-electron chi connectivity index (χ2n) is 7.42. The summed E-state index contributed by atoms with van der Waals surface area (Å²) in [4.78, 5) is 2.69. The monoisotopic (exact) mass is 315 g/mol. The molecule has 0 bridgehead atoms. The van der Waals surface area contributed by atoms with Crippen molar-refractivity contribution in [3.05, 3.63) is 0 Å². The first-order valence-electron chi connectivity index (χ1n) is 8.77. The minimum absolute atomic E-state index is 0.891. The van der Waals surface area contributed by atoms with Crippen LogP contribution in [0.3, 0.4) is 0 Å². The Hall–Kier alpha value is 0.527.